The molecule has 0 aromatic heterocycles. The molecule has 0 saturated heterocycles. The summed E-state index contributed by atoms with van der Waals surface area (Å²) in [5.41, 5.74) is 0. The monoisotopic (exact) mass is 374 g/mol. The third-order valence-electron chi connectivity index (χ3n) is 1.50. The van der Waals surface area contributed by atoms with E-state index in [1.165, 1.54) is 0 Å². The Morgan fingerprint density at radius 1 is 0.812 bits per heavy atom. The van der Waals surface area contributed by atoms with Crippen molar-refractivity contribution in [3.63, 3.8) is 0 Å². The van der Waals surface area contributed by atoms with Crippen LogP contribution in [0.25, 0.3) is 0 Å². The molecule has 0 unspecified atom stereocenters. The van der Waals surface area contributed by atoms with Crippen LogP contribution < -0.4 is 0 Å². The lowest BCUT2D eigenvalue weighted by atomic mass is 10.3. The van der Waals surface area contributed by atoms with Crippen molar-refractivity contribution in [1.82, 2.24) is 0 Å². The van der Waals surface area contributed by atoms with Gasteiger partial charge in [-0.05, 0) is 0 Å². The summed E-state index contributed by atoms with van der Waals surface area (Å²) in [5, 5.41) is 0. The van der Waals surface area contributed by atoms with Crippen LogP contribution >= 0.6 is 23.0 Å². The molecule has 10 heteroatoms. The smallest absolute Gasteiger partial charge is 0.202 e. The number of hydrogen-bond donors (Lipinski definition) is 0. The topological polar surface area (TPSA) is 43.4 Å². The van der Waals surface area contributed by atoms with Crippen molar-refractivity contribution in [2.24, 2.45) is 0 Å². The lowest BCUT2D eigenvalue weighted by Crippen LogP contribution is -2.12. The first-order valence-corrected chi connectivity index (χ1v) is 5.59. The van der Waals surface area contributed by atoms with Crippen molar-refractivity contribution in [1.29, 1.82) is 0 Å². The van der Waals surface area contributed by atoms with Gasteiger partial charge in [0.2, 0.25) is 5.82 Å². The van der Waals surface area contributed by atoms with E-state index in [-0.39, 0.29) is 0 Å². The Balaban J connectivity index is 3.79. The van der Waals surface area contributed by atoms with E-state index in [0.29, 0.717) is 0 Å². The maximum atomic E-state index is 12.9. The van der Waals surface area contributed by atoms with E-state index in [2.05, 4.69) is 2.51 Å². The second-order valence-electron chi connectivity index (χ2n) is 2.42. The van der Waals surface area contributed by atoms with Crippen LogP contribution in [-0.4, -0.2) is 8.42 Å². The van der Waals surface area contributed by atoms with Gasteiger partial charge < -0.3 is 0 Å². The minimum absolute atomic E-state index is 0.739. The fourth-order valence-corrected chi connectivity index (χ4v) is 2.06. The number of halogens is 6. The van der Waals surface area contributed by atoms with E-state index in [0.717, 1.165) is 23.0 Å². The molecule has 0 saturated carbocycles. The summed E-state index contributed by atoms with van der Waals surface area (Å²) < 4.78 is 88.9. The van der Waals surface area contributed by atoms with E-state index in [1.807, 2.05) is 0 Å². The molecule has 0 aliphatic heterocycles. The quantitative estimate of drug-likeness (QED) is 0.346. The molecule has 3 nitrogen and oxygen atoms in total. The molecule has 1 rings (SSSR count). The normalized spacial score (nSPS) is 11.9. The van der Waals surface area contributed by atoms with Gasteiger partial charge in [0.1, 0.15) is 23.0 Å². The molecule has 1 aromatic rings. The Hall–Kier alpha value is -0.490. The van der Waals surface area contributed by atoms with Gasteiger partial charge in [0.05, 0.1) is 0 Å². The van der Waals surface area contributed by atoms with Gasteiger partial charge in [0, 0.05) is 0 Å². The SMILES string of the molecule is O=S(=O)(OI)c1c(F)c(F)c(F)c(F)c1F. The molecule has 0 fully saturated rings. The Bertz CT molecular complexity index is 515. The summed E-state index contributed by atoms with van der Waals surface area (Å²) in [6, 6.07) is 0. The second kappa shape index (κ2) is 4.41. The molecule has 1 aromatic carbocycles. The summed E-state index contributed by atoms with van der Waals surface area (Å²) in [5.74, 6) is -12.1. The van der Waals surface area contributed by atoms with Crippen LogP contribution in [0, 0.1) is 29.1 Å². The van der Waals surface area contributed by atoms with Crippen molar-refractivity contribution in [3.8, 4) is 0 Å². The average Bonchev–Trinajstić information content (AvgIpc) is 2.23. The molecule has 90 valence electrons. The minimum Gasteiger partial charge on any atom is -0.202 e. The highest BCUT2D eigenvalue weighted by atomic mass is 127. The van der Waals surface area contributed by atoms with Crippen molar-refractivity contribution < 1.29 is 32.9 Å². The highest BCUT2D eigenvalue weighted by Gasteiger charge is 2.33. The van der Waals surface area contributed by atoms with Gasteiger partial charge in [0.25, 0.3) is 0 Å². The lowest BCUT2D eigenvalue weighted by Gasteiger charge is -2.06. The molecule has 0 aliphatic carbocycles. The van der Waals surface area contributed by atoms with E-state index in [4.69, 9.17) is 0 Å². The van der Waals surface area contributed by atoms with Crippen LogP contribution in [0.1, 0.15) is 0 Å². The summed E-state index contributed by atoms with van der Waals surface area (Å²) in [4.78, 5) is -2.02. The maximum Gasteiger partial charge on any atom is 0.312 e. The molecule has 16 heavy (non-hydrogen) atoms. The predicted octanol–water partition coefficient (Wildman–Crippen LogP) is 2.44. The van der Waals surface area contributed by atoms with E-state index >= 15 is 0 Å². The lowest BCUT2D eigenvalue weighted by molar-refractivity contribution is 0.355. The minimum atomic E-state index is -5.03. The Labute approximate surface area is 100 Å². The second-order valence-corrected chi connectivity index (χ2v) is 4.94. The molecule has 0 heterocycles. The first kappa shape index (κ1) is 13.6. The fourth-order valence-electron chi connectivity index (χ4n) is 0.836. The number of rotatable bonds is 2. The molecule has 0 radical (unpaired) electrons. The van der Waals surface area contributed by atoms with Gasteiger partial charge >= 0.3 is 10.1 Å². The molecule has 0 amide bonds. The van der Waals surface area contributed by atoms with Crippen molar-refractivity contribution >= 4 is 33.1 Å². The third-order valence-corrected chi connectivity index (χ3v) is 3.95. The van der Waals surface area contributed by atoms with Gasteiger partial charge in [-0.2, -0.15) is 10.9 Å². The van der Waals surface area contributed by atoms with Gasteiger partial charge in [0.15, 0.2) is 28.2 Å². The van der Waals surface area contributed by atoms with Crippen LogP contribution in [0.4, 0.5) is 22.0 Å². The van der Waals surface area contributed by atoms with Crippen LogP contribution in [-0.2, 0) is 12.6 Å². The zero-order chi connectivity index (χ0) is 12.7. The molecule has 0 bridgehead atoms. The Morgan fingerprint density at radius 3 is 1.44 bits per heavy atom. The summed E-state index contributed by atoms with van der Waals surface area (Å²) >= 11 is 0.739. The molecular weight excluding hydrogens is 374 g/mol. The summed E-state index contributed by atoms with van der Waals surface area (Å²) in [7, 11) is -5.03. The van der Waals surface area contributed by atoms with Crippen LogP contribution in [0.5, 0.6) is 0 Å². The van der Waals surface area contributed by atoms with Crippen molar-refractivity contribution in [3.05, 3.63) is 29.1 Å². The first-order valence-electron chi connectivity index (χ1n) is 3.30. The molecule has 0 spiro atoms. The van der Waals surface area contributed by atoms with E-state index < -0.39 is 44.1 Å². The van der Waals surface area contributed by atoms with Gasteiger partial charge in [-0.15, -0.1) is 0 Å². The zero-order valence-electron chi connectivity index (χ0n) is 6.90. The molecule has 0 N–H and O–H groups in total. The number of benzene rings is 1. The largest absolute Gasteiger partial charge is 0.312 e. The van der Waals surface area contributed by atoms with E-state index in [1.54, 1.807) is 0 Å². The van der Waals surface area contributed by atoms with Crippen LogP contribution in [0.15, 0.2) is 4.90 Å². The van der Waals surface area contributed by atoms with Crippen molar-refractivity contribution in [2.45, 2.75) is 4.90 Å². The highest BCUT2D eigenvalue weighted by molar-refractivity contribution is 14.1. The Morgan fingerprint density at radius 2 is 1.12 bits per heavy atom. The van der Waals surface area contributed by atoms with Gasteiger partial charge in [-0.3, -0.25) is 0 Å². The van der Waals surface area contributed by atoms with Gasteiger partial charge in [-0.25, -0.2) is 22.0 Å². The maximum absolute atomic E-state index is 12.9. The predicted molar refractivity (Wildman–Crippen MR) is 48.5 cm³/mol. The molecular formula is C6F5IO3S. The van der Waals surface area contributed by atoms with Gasteiger partial charge in [-0.1, -0.05) is 0 Å². The van der Waals surface area contributed by atoms with E-state index in [9.17, 15) is 30.4 Å². The zero-order valence-corrected chi connectivity index (χ0v) is 9.87. The van der Waals surface area contributed by atoms with Crippen LogP contribution in [0.3, 0.4) is 0 Å². The fraction of sp³-hybridized carbons (Fsp3) is 0. The average molecular weight is 374 g/mol. The van der Waals surface area contributed by atoms with Crippen molar-refractivity contribution in [2.75, 3.05) is 0 Å². The van der Waals surface area contributed by atoms with Crippen LogP contribution in [0.2, 0.25) is 0 Å². The standard InChI is InChI=1S/C6F5IO3S/c7-1-2(8)4(10)6(5(11)3(1)9)16(13,14)15-12. The Kier molecular flexibility index (Phi) is 3.74. The molecule has 0 aliphatic rings. The number of hydrogen-bond acceptors (Lipinski definition) is 3. The molecule has 0 atom stereocenters. The third kappa shape index (κ3) is 2.00. The highest BCUT2D eigenvalue weighted by Crippen LogP contribution is 2.28. The summed E-state index contributed by atoms with van der Waals surface area (Å²) in [6.07, 6.45) is 0. The summed E-state index contributed by atoms with van der Waals surface area (Å²) in [6.45, 7) is 0. The first-order chi connectivity index (χ1) is 7.24.